The Kier molecular flexibility index (Phi) is 1.70. The first-order valence-corrected chi connectivity index (χ1v) is 3.80. The van der Waals surface area contributed by atoms with E-state index in [0.29, 0.717) is 5.22 Å². The Morgan fingerprint density at radius 2 is 1.69 bits per heavy atom. The van der Waals surface area contributed by atoms with Crippen LogP contribution in [-0.2, 0) is 0 Å². The minimum absolute atomic E-state index is 0.109. The van der Waals surface area contributed by atoms with Gasteiger partial charge in [-0.15, -0.1) is 0 Å². The molecule has 0 aromatic rings. The van der Waals surface area contributed by atoms with Gasteiger partial charge < -0.3 is 4.42 Å². The quantitative estimate of drug-likeness (QED) is 0.591. The normalized spacial score (nSPS) is 10.2. The highest BCUT2D eigenvalue weighted by molar-refractivity contribution is 5.08. The second-order valence-electron chi connectivity index (χ2n) is 2.61. The molecule has 2 rings (SSSR count). The molecule has 1 aliphatic heterocycles. The monoisotopic (exact) mass is 174 g/mol. The van der Waals surface area contributed by atoms with Crippen LogP contribution < -0.4 is 10.9 Å². The summed E-state index contributed by atoms with van der Waals surface area (Å²) >= 11 is 0. The van der Waals surface area contributed by atoms with Gasteiger partial charge in [0.15, 0.2) is 10.8 Å². The molecule has 0 unspecified atom stereocenters. The molecular formula is C10H6O3. The topological polar surface area (TPSA) is 47.3 Å². The molecule has 0 radical (unpaired) electrons. The summed E-state index contributed by atoms with van der Waals surface area (Å²) in [6.07, 6.45) is 1.38. The molecule has 3 heteroatoms. The minimum Gasteiger partial charge on any atom is -0.460 e. The lowest BCUT2D eigenvalue weighted by molar-refractivity contribution is 0.518. The molecule has 13 heavy (non-hydrogen) atoms. The highest BCUT2D eigenvalue weighted by Crippen LogP contribution is 1.87. The molecule has 0 fully saturated rings. The van der Waals surface area contributed by atoms with E-state index in [4.69, 9.17) is 4.42 Å². The van der Waals surface area contributed by atoms with Crippen LogP contribution in [-0.4, -0.2) is 0 Å². The smallest absolute Gasteiger partial charge is 0.221 e. The van der Waals surface area contributed by atoms with Crippen LogP contribution in [0, 0.1) is 10.6 Å². The van der Waals surface area contributed by atoms with Crippen molar-refractivity contribution in [1.29, 1.82) is 0 Å². The lowest BCUT2D eigenvalue weighted by Crippen LogP contribution is -2.09. The molecule has 0 saturated heterocycles. The number of hydrogen-bond acceptors (Lipinski definition) is 3. The SMILES string of the molecule is O=c1ccc(=O)c2occccc1=2. The first kappa shape index (κ1) is 7.73. The lowest BCUT2D eigenvalue weighted by Gasteiger charge is -1.81. The van der Waals surface area contributed by atoms with Crippen molar-refractivity contribution < 1.29 is 4.42 Å². The van der Waals surface area contributed by atoms with E-state index in [-0.39, 0.29) is 16.3 Å². The van der Waals surface area contributed by atoms with Gasteiger partial charge in [-0.3, -0.25) is 9.59 Å². The summed E-state index contributed by atoms with van der Waals surface area (Å²) in [5.41, 5.74) is -0.363. The maximum Gasteiger partial charge on any atom is 0.221 e. The molecule has 0 saturated carbocycles. The molecule has 3 nitrogen and oxygen atoms in total. The van der Waals surface area contributed by atoms with E-state index in [1.807, 2.05) is 0 Å². The van der Waals surface area contributed by atoms with Crippen LogP contribution in [0.4, 0.5) is 0 Å². The third-order valence-electron chi connectivity index (χ3n) is 1.76. The second-order valence-corrected chi connectivity index (χ2v) is 2.61. The van der Waals surface area contributed by atoms with Crippen molar-refractivity contribution in [3.63, 3.8) is 0 Å². The summed E-state index contributed by atoms with van der Waals surface area (Å²) in [7, 11) is 0. The van der Waals surface area contributed by atoms with Gasteiger partial charge in [-0.05, 0) is 24.3 Å². The van der Waals surface area contributed by atoms with Crippen LogP contribution in [0.2, 0.25) is 0 Å². The van der Waals surface area contributed by atoms with Crippen molar-refractivity contribution >= 4 is 0 Å². The molecular weight excluding hydrogens is 168 g/mol. The van der Waals surface area contributed by atoms with E-state index in [0.717, 1.165) is 0 Å². The summed E-state index contributed by atoms with van der Waals surface area (Å²) in [6.45, 7) is 0. The van der Waals surface area contributed by atoms with Crippen LogP contribution in [0.1, 0.15) is 0 Å². The van der Waals surface area contributed by atoms with Gasteiger partial charge in [-0.2, -0.15) is 0 Å². The molecule has 2 aliphatic rings. The Labute approximate surface area is 72.9 Å². The Balaban J connectivity index is 3.30. The van der Waals surface area contributed by atoms with Gasteiger partial charge in [0, 0.05) is 0 Å². The Bertz CT molecular complexity index is 545. The largest absolute Gasteiger partial charge is 0.460 e. The Hall–Kier alpha value is -1.90. The molecule has 0 aromatic carbocycles. The van der Waals surface area contributed by atoms with Crippen molar-refractivity contribution in [2.75, 3.05) is 0 Å². The third kappa shape index (κ3) is 1.24. The number of rotatable bonds is 0. The zero-order valence-electron chi connectivity index (χ0n) is 6.69. The molecule has 1 aliphatic carbocycles. The second kappa shape index (κ2) is 2.86. The molecule has 0 amide bonds. The first-order valence-electron chi connectivity index (χ1n) is 3.80. The molecule has 0 aromatic heterocycles. The highest BCUT2D eigenvalue weighted by Gasteiger charge is 1.96. The molecule has 0 N–H and O–H groups in total. The van der Waals surface area contributed by atoms with Crippen molar-refractivity contribution in [3.05, 3.63) is 67.7 Å². The predicted molar refractivity (Wildman–Crippen MR) is 46.5 cm³/mol. The fourth-order valence-electron chi connectivity index (χ4n) is 1.15. The summed E-state index contributed by atoms with van der Waals surface area (Å²) in [5, 5.41) is 0.317. The molecule has 0 bridgehead atoms. The van der Waals surface area contributed by atoms with Gasteiger partial charge in [-0.25, -0.2) is 0 Å². The summed E-state index contributed by atoms with van der Waals surface area (Å²) in [4.78, 5) is 22.5. The van der Waals surface area contributed by atoms with Gasteiger partial charge in [0.1, 0.15) is 0 Å². The molecule has 64 valence electrons. The van der Waals surface area contributed by atoms with Crippen molar-refractivity contribution in [2.45, 2.75) is 0 Å². The van der Waals surface area contributed by atoms with E-state index in [1.165, 1.54) is 18.4 Å². The van der Waals surface area contributed by atoms with Crippen LogP contribution in [0.3, 0.4) is 0 Å². The van der Waals surface area contributed by atoms with E-state index in [9.17, 15) is 9.59 Å². The van der Waals surface area contributed by atoms with Crippen molar-refractivity contribution in [3.8, 4) is 0 Å². The van der Waals surface area contributed by atoms with E-state index >= 15 is 0 Å². The van der Waals surface area contributed by atoms with Gasteiger partial charge in [0.2, 0.25) is 5.43 Å². The van der Waals surface area contributed by atoms with Crippen molar-refractivity contribution in [2.24, 2.45) is 0 Å². The fourth-order valence-corrected chi connectivity index (χ4v) is 1.15. The molecule has 1 heterocycles. The standard InChI is InChI=1S/C10H6O3/c11-8-4-5-9(12)10-7(8)3-1-2-6-13-10/h1-6H. The highest BCUT2D eigenvalue weighted by atomic mass is 16.3. The number of hydrogen-bond donors (Lipinski definition) is 0. The van der Waals surface area contributed by atoms with Crippen LogP contribution in [0.5, 0.6) is 0 Å². The van der Waals surface area contributed by atoms with Crippen LogP contribution >= 0.6 is 0 Å². The molecule has 0 atom stereocenters. The van der Waals surface area contributed by atoms with Crippen LogP contribution in [0.25, 0.3) is 0 Å². The molecule has 0 spiro atoms. The summed E-state index contributed by atoms with van der Waals surface area (Å²) in [5.74, 6) is 0. The van der Waals surface area contributed by atoms with Crippen molar-refractivity contribution in [1.82, 2.24) is 0 Å². The van der Waals surface area contributed by atoms with Gasteiger partial charge >= 0.3 is 0 Å². The average Bonchev–Trinajstić information content (AvgIpc) is 2.37. The summed E-state index contributed by atoms with van der Waals surface area (Å²) in [6, 6.07) is 7.32. The predicted octanol–water partition coefficient (Wildman–Crippen LogP) is 0.725. The summed E-state index contributed by atoms with van der Waals surface area (Å²) < 4.78 is 5.00. The Morgan fingerprint density at radius 3 is 2.54 bits per heavy atom. The Morgan fingerprint density at radius 1 is 0.923 bits per heavy atom. The van der Waals surface area contributed by atoms with Gasteiger partial charge in [-0.1, -0.05) is 6.07 Å². The lowest BCUT2D eigenvalue weighted by atomic mass is 10.3. The van der Waals surface area contributed by atoms with Gasteiger partial charge in [0.05, 0.1) is 11.5 Å². The van der Waals surface area contributed by atoms with E-state index in [1.54, 1.807) is 18.2 Å². The van der Waals surface area contributed by atoms with Gasteiger partial charge in [0.25, 0.3) is 0 Å². The zero-order chi connectivity index (χ0) is 9.26. The zero-order valence-corrected chi connectivity index (χ0v) is 6.69. The fraction of sp³-hybridized carbons (Fsp3) is 0. The van der Waals surface area contributed by atoms with E-state index < -0.39 is 0 Å². The maximum absolute atomic E-state index is 11.3. The minimum atomic E-state index is -0.272. The van der Waals surface area contributed by atoms with Crippen LogP contribution in [0.15, 0.2) is 50.6 Å². The average molecular weight is 174 g/mol. The third-order valence-corrected chi connectivity index (χ3v) is 1.76. The van der Waals surface area contributed by atoms with E-state index in [2.05, 4.69) is 0 Å². The first-order chi connectivity index (χ1) is 6.29. The maximum atomic E-state index is 11.3.